The van der Waals surface area contributed by atoms with Gasteiger partial charge in [0.25, 0.3) is 0 Å². The van der Waals surface area contributed by atoms with Crippen molar-refractivity contribution in [1.82, 2.24) is 20.0 Å². The van der Waals surface area contributed by atoms with Crippen LogP contribution >= 0.6 is 0 Å². The van der Waals surface area contributed by atoms with Gasteiger partial charge in [-0.15, -0.1) is 5.10 Å². The second-order valence-corrected chi connectivity index (χ2v) is 2.61. The van der Waals surface area contributed by atoms with Crippen LogP contribution in [0, 0.1) is 0 Å². The number of H-pyrrole nitrogens is 1. The van der Waals surface area contributed by atoms with Gasteiger partial charge in [0.2, 0.25) is 0 Å². The molecule has 0 unspecified atom stereocenters. The summed E-state index contributed by atoms with van der Waals surface area (Å²) in [4.78, 5) is 14.3. The number of ketones is 1. The summed E-state index contributed by atoms with van der Waals surface area (Å²) in [5, 5.41) is 7.31. The first-order chi connectivity index (χ1) is 6.36. The topological polar surface area (TPSA) is 63.6 Å². The number of Topliss-reactive ketones (excluding diaryl/α,β-unsaturated/α-hetero) is 1. The number of hydrogen-bond acceptors (Lipinski definition) is 3. The van der Waals surface area contributed by atoms with Crippen LogP contribution in [0.15, 0.2) is 30.7 Å². The lowest BCUT2D eigenvalue weighted by molar-refractivity contribution is 0.0962. The highest BCUT2D eigenvalue weighted by Gasteiger charge is 2.06. The van der Waals surface area contributed by atoms with Gasteiger partial charge in [0.1, 0.15) is 6.54 Å². The van der Waals surface area contributed by atoms with Crippen LogP contribution in [-0.2, 0) is 6.54 Å². The first-order valence-corrected chi connectivity index (χ1v) is 3.87. The molecule has 0 amide bonds. The Kier molecular flexibility index (Phi) is 1.91. The van der Waals surface area contributed by atoms with Crippen molar-refractivity contribution in [3.05, 3.63) is 36.4 Å². The van der Waals surface area contributed by atoms with Gasteiger partial charge in [-0.3, -0.25) is 4.79 Å². The minimum atomic E-state index is -0.00417. The van der Waals surface area contributed by atoms with Gasteiger partial charge in [-0.2, -0.15) is 0 Å². The van der Waals surface area contributed by atoms with E-state index in [-0.39, 0.29) is 12.3 Å². The fourth-order valence-electron chi connectivity index (χ4n) is 1.05. The van der Waals surface area contributed by atoms with Crippen LogP contribution in [0.3, 0.4) is 0 Å². The van der Waals surface area contributed by atoms with E-state index < -0.39 is 0 Å². The monoisotopic (exact) mass is 176 g/mol. The summed E-state index contributed by atoms with van der Waals surface area (Å²) in [7, 11) is 0. The van der Waals surface area contributed by atoms with E-state index in [1.165, 1.54) is 4.68 Å². The fraction of sp³-hybridized carbons (Fsp3) is 0.125. The van der Waals surface area contributed by atoms with E-state index in [0.717, 1.165) is 0 Å². The van der Waals surface area contributed by atoms with Crippen molar-refractivity contribution in [3.8, 4) is 0 Å². The lowest BCUT2D eigenvalue weighted by atomic mass is 10.3. The molecule has 5 nitrogen and oxygen atoms in total. The molecule has 66 valence electrons. The third-order valence-corrected chi connectivity index (χ3v) is 1.68. The highest BCUT2D eigenvalue weighted by molar-refractivity contribution is 5.94. The van der Waals surface area contributed by atoms with Crippen LogP contribution in [0.25, 0.3) is 0 Å². The smallest absolute Gasteiger partial charge is 0.200 e. The van der Waals surface area contributed by atoms with E-state index in [4.69, 9.17) is 0 Å². The molecule has 0 saturated carbocycles. The molecular formula is C8H8N4O. The summed E-state index contributed by atoms with van der Waals surface area (Å²) in [6, 6.07) is 3.52. The Labute approximate surface area is 74.4 Å². The maximum atomic E-state index is 11.5. The van der Waals surface area contributed by atoms with Gasteiger partial charge < -0.3 is 4.98 Å². The largest absolute Gasteiger partial charge is 0.359 e. The van der Waals surface area contributed by atoms with Crippen molar-refractivity contribution >= 4 is 5.78 Å². The Balaban J connectivity index is 2.08. The maximum absolute atomic E-state index is 11.5. The number of aromatic amines is 1. The maximum Gasteiger partial charge on any atom is 0.200 e. The molecule has 13 heavy (non-hydrogen) atoms. The number of carbonyl (C=O) groups is 1. The molecule has 0 aliphatic rings. The van der Waals surface area contributed by atoms with Gasteiger partial charge in [-0.05, 0) is 12.1 Å². The van der Waals surface area contributed by atoms with Crippen molar-refractivity contribution in [2.75, 3.05) is 0 Å². The molecule has 0 saturated heterocycles. The predicted molar refractivity (Wildman–Crippen MR) is 45.1 cm³/mol. The summed E-state index contributed by atoms with van der Waals surface area (Å²) in [6.45, 7) is 0.223. The summed E-state index contributed by atoms with van der Waals surface area (Å²) in [5.74, 6) is -0.00417. The molecule has 2 heterocycles. The second kappa shape index (κ2) is 3.22. The van der Waals surface area contributed by atoms with Gasteiger partial charge in [-0.1, -0.05) is 5.21 Å². The molecule has 2 rings (SSSR count). The molecule has 0 radical (unpaired) electrons. The van der Waals surface area contributed by atoms with Crippen molar-refractivity contribution < 1.29 is 4.79 Å². The second-order valence-electron chi connectivity index (χ2n) is 2.61. The van der Waals surface area contributed by atoms with E-state index in [1.807, 2.05) is 0 Å². The lowest BCUT2D eigenvalue weighted by Crippen LogP contribution is -2.11. The quantitative estimate of drug-likeness (QED) is 0.692. The SMILES string of the molecule is O=C(Cn1ccnn1)c1ccc[nH]1. The number of aromatic nitrogens is 4. The average Bonchev–Trinajstić information content (AvgIpc) is 2.74. The molecule has 0 bridgehead atoms. The minimum Gasteiger partial charge on any atom is -0.359 e. The molecule has 5 heteroatoms. The summed E-state index contributed by atoms with van der Waals surface area (Å²) in [6.07, 6.45) is 4.91. The molecule has 0 atom stereocenters. The highest BCUT2D eigenvalue weighted by atomic mass is 16.1. The summed E-state index contributed by atoms with van der Waals surface area (Å²) < 4.78 is 1.49. The van der Waals surface area contributed by atoms with Gasteiger partial charge in [-0.25, -0.2) is 4.68 Å². The van der Waals surface area contributed by atoms with Crippen molar-refractivity contribution in [2.45, 2.75) is 6.54 Å². The van der Waals surface area contributed by atoms with Gasteiger partial charge in [0, 0.05) is 12.4 Å². The third kappa shape index (κ3) is 1.64. The van der Waals surface area contributed by atoms with Crippen LogP contribution in [0.1, 0.15) is 10.5 Å². The van der Waals surface area contributed by atoms with Gasteiger partial charge in [0.05, 0.1) is 11.9 Å². The molecule has 2 aromatic rings. The first kappa shape index (κ1) is 7.72. The van der Waals surface area contributed by atoms with Gasteiger partial charge >= 0.3 is 0 Å². The standard InChI is InChI=1S/C8H8N4O/c13-8(7-2-1-3-9-7)6-12-5-4-10-11-12/h1-5,9H,6H2. The van der Waals surface area contributed by atoms with E-state index in [1.54, 1.807) is 30.7 Å². The normalized spacial score (nSPS) is 10.2. The number of hydrogen-bond donors (Lipinski definition) is 1. The van der Waals surface area contributed by atoms with E-state index >= 15 is 0 Å². The van der Waals surface area contributed by atoms with Crippen molar-refractivity contribution in [2.24, 2.45) is 0 Å². The summed E-state index contributed by atoms with van der Waals surface area (Å²) >= 11 is 0. The Morgan fingerprint density at radius 1 is 1.62 bits per heavy atom. The predicted octanol–water partition coefficient (Wildman–Crippen LogP) is 0.489. The van der Waals surface area contributed by atoms with Crippen LogP contribution < -0.4 is 0 Å². The first-order valence-electron chi connectivity index (χ1n) is 3.87. The average molecular weight is 176 g/mol. The highest BCUT2D eigenvalue weighted by Crippen LogP contribution is 1.97. The summed E-state index contributed by atoms with van der Waals surface area (Å²) in [5.41, 5.74) is 0.593. The number of carbonyl (C=O) groups excluding carboxylic acids is 1. The molecule has 1 N–H and O–H groups in total. The molecule has 0 aromatic carbocycles. The van der Waals surface area contributed by atoms with Crippen LogP contribution in [0.4, 0.5) is 0 Å². The zero-order chi connectivity index (χ0) is 9.10. The molecular weight excluding hydrogens is 168 g/mol. The molecule has 0 fully saturated rings. The number of rotatable bonds is 3. The lowest BCUT2D eigenvalue weighted by Gasteiger charge is -1.96. The van der Waals surface area contributed by atoms with Crippen LogP contribution in [0.2, 0.25) is 0 Å². The minimum absolute atomic E-state index is 0.00417. The Hall–Kier alpha value is -1.91. The fourth-order valence-corrected chi connectivity index (χ4v) is 1.05. The zero-order valence-corrected chi connectivity index (χ0v) is 6.84. The van der Waals surface area contributed by atoms with E-state index in [9.17, 15) is 4.79 Å². The molecule has 2 aromatic heterocycles. The Morgan fingerprint density at radius 2 is 2.54 bits per heavy atom. The van der Waals surface area contributed by atoms with E-state index in [0.29, 0.717) is 5.69 Å². The Morgan fingerprint density at radius 3 is 3.15 bits per heavy atom. The zero-order valence-electron chi connectivity index (χ0n) is 6.84. The number of nitrogens with zero attached hydrogens (tertiary/aromatic N) is 3. The third-order valence-electron chi connectivity index (χ3n) is 1.68. The van der Waals surface area contributed by atoms with Crippen LogP contribution in [-0.4, -0.2) is 25.8 Å². The van der Waals surface area contributed by atoms with Crippen LogP contribution in [0.5, 0.6) is 0 Å². The molecule has 0 spiro atoms. The van der Waals surface area contributed by atoms with Gasteiger partial charge in [0.15, 0.2) is 5.78 Å². The van der Waals surface area contributed by atoms with E-state index in [2.05, 4.69) is 15.3 Å². The van der Waals surface area contributed by atoms with Crippen molar-refractivity contribution in [3.63, 3.8) is 0 Å². The Bertz CT molecular complexity index is 376. The van der Waals surface area contributed by atoms with Crippen molar-refractivity contribution in [1.29, 1.82) is 0 Å². The molecule has 0 aliphatic heterocycles. The number of nitrogens with one attached hydrogen (secondary N) is 1. The molecule has 0 aliphatic carbocycles.